The summed E-state index contributed by atoms with van der Waals surface area (Å²) >= 11 is 0. The minimum atomic E-state index is -3.79. The van der Waals surface area contributed by atoms with Gasteiger partial charge < -0.3 is 9.90 Å². The van der Waals surface area contributed by atoms with Crippen molar-refractivity contribution in [3.05, 3.63) is 24.8 Å². The molecule has 0 radical (unpaired) electrons. The van der Waals surface area contributed by atoms with E-state index in [2.05, 4.69) is 13.2 Å². The summed E-state index contributed by atoms with van der Waals surface area (Å²) < 4.78 is 27.3. The van der Waals surface area contributed by atoms with Gasteiger partial charge in [-0.05, 0) is 12.5 Å². The molecule has 0 aromatic carbocycles. The second-order valence-electron chi connectivity index (χ2n) is 2.11. The molecule has 0 aliphatic heterocycles. The van der Waals surface area contributed by atoms with Crippen LogP contribution in [0.15, 0.2) is 24.8 Å². The quantitative estimate of drug-likeness (QED) is 0.234. The van der Waals surface area contributed by atoms with Gasteiger partial charge in [-0.15, -0.1) is 6.58 Å². The van der Waals surface area contributed by atoms with Gasteiger partial charge in [-0.25, -0.2) is 0 Å². The summed E-state index contributed by atoms with van der Waals surface area (Å²) in [5.41, 5.74) is 0.0648. The minimum absolute atomic E-state index is 0. The SMILES string of the molecule is C=C(C)C(=O)[O-].C=CCS(=O)(=O)O.[Na+]. The van der Waals surface area contributed by atoms with E-state index in [4.69, 9.17) is 4.55 Å². The monoisotopic (exact) mass is 230 g/mol. The van der Waals surface area contributed by atoms with Gasteiger partial charge in [-0.1, -0.05) is 12.7 Å². The Bertz CT molecular complexity index is 281. The number of carbonyl (C=O) groups is 1. The van der Waals surface area contributed by atoms with E-state index in [0.717, 1.165) is 6.08 Å². The smallest absolute Gasteiger partial charge is 0.545 e. The molecule has 0 saturated carbocycles. The van der Waals surface area contributed by atoms with Crippen LogP contribution in [0.2, 0.25) is 0 Å². The standard InChI is InChI=1S/C4H6O2.C3H6O3S.Na/c1-3(2)4(5)6;1-2-3-7(4,5)6;/h1H2,2H3,(H,5,6);2H,1,3H2,(H,4,5,6);/q;;+1/p-1. The Balaban J connectivity index is -0.000000163. The maximum absolute atomic E-state index is 9.72. The first kappa shape index (κ1) is 19.4. The van der Waals surface area contributed by atoms with Crippen LogP contribution in [-0.2, 0) is 14.9 Å². The molecule has 14 heavy (non-hydrogen) atoms. The van der Waals surface area contributed by atoms with Gasteiger partial charge in [0.2, 0.25) is 0 Å². The third-order valence-corrected chi connectivity index (χ3v) is 1.33. The molecule has 1 N–H and O–H groups in total. The molecule has 0 spiro atoms. The Morgan fingerprint density at radius 1 is 1.57 bits per heavy atom. The summed E-state index contributed by atoms with van der Waals surface area (Å²) in [5.74, 6) is -1.55. The molecule has 0 atom stereocenters. The number of carbonyl (C=O) groups excluding carboxylic acids is 1. The van der Waals surface area contributed by atoms with Crippen LogP contribution in [0.3, 0.4) is 0 Å². The van der Waals surface area contributed by atoms with Crippen LogP contribution >= 0.6 is 0 Å². The van der Waals surface area contributed by atoms with Crippen molar-refractivity contribution >= 4 is 16.1 Å². The van der Waals surface area contributed by atoms with Crippen molar-refractivity contribution < 1.29 is 52.4 Å². The van der Waals surface area contributed by atoms with E-state index in [9.17, 15) is 18.3 Å². The van der Waals surface area contributed by atoms with Crippen molar-refractivity contribution in [1.29, 1.82) is 0 Å². The Morgan fingerprint density at radius 2 is 1.86 bits per heavy atom. The van der Waals surface area contributed by atoms with Crippen molar-refractivity contribution in [2.45, 2.75) is 6.92 Å². The molecule has 0 bridgehead atoms. The molecule has 0 rings (SSSR count). The molecule has 0 aliphatic rings. The Morgan fingerprint density at radius 3 is 1.86 bits per heavy atom. The zero-order valence-corrected chi connectivity index (χ0v) is 11.0. The largest absolute Gasteiger partial charge is 1.00 e. The van der Waals surface area contributed by atoms with Crippen molar-refractivity contribution in [2.24, 2.45) is 0 Å². The average molecular weight is 230 g/mol. The van der Waals surface area contributed by atoms with Gasteiger partial charge in [0.15, 0.2) is 0 Å². The molecular weight excluding hydrogens is 219 g/mol. The maximum Gasteiger partial charge on any atom is 1.00 e. The maximum atomic E-state index is 9.72. The van der Waals surface area contributed by atoms with Crippen molar-refractivity contribution in [1.82, 2.24) is 0 Å². The number of hydrogen-bond donors (Lipinski definition) is 1. The molecule has 0 aromatic heterocycles. The fourth-order valence-corrected chi connectivity index (χ4v) is 0.447. The van der Waals surface area contributed by atoms with E-state index < -0.39 is 16.1 Å². The van der Waals surface area contributed by atoms with Crippen molar-refractivity contribution in [3.63, 3.8) is 0 Å². The summed E-state index contributed by atoms with van der Waals surface area (Å²) in [6.45, 7) is 7.58. The number of carboxylic acid groups (broad SMARTS) is 1. The second kappa shape index (κ2) is 9.42. The van der Waals surface area contributed by atoms with Gasteiger partial charge in [0.25, 0.3) is 10.1 Å². The molecule has 0 amide bonds. The number of rotatable bonds is 3. The zero-order valence-electron chi connectivity index (χ0n) is 8.19. The third kappa shape index (κ3) is 22.6. The Hall–Kier alpha value is -0.140. The third-order valence-electron chi connectivity index (χ3n) is 0.677. The normalized spacial score (nSPS) is 8.71. The molecule has 0 fully saturated rings. The van der Waals surface area contributed by atoms with Gasteiger partial charge in [-0.2, -0.15) is 8.42 Å². The summed E-state index contributed by atoms with van der Waals surface area (Å²) in [4.78, 5) is 9.49. The predicted octanol–water partition coefficient (Wildman–Crippen LogP) is -3.62. The molecule has 0 heterocycles. The summed E-state index contributed by atoms with van der Waals surface area (Å²) in [6.07, 6.45) is 1.12. The van der Waals surface area contributed by atoms with E-state index in [1.54, 1.807) is 0 Å². The summed E-state index contributed by atoms with van der Waals surface area (Å²) in [5, 5.41) is 9.49. The van der Waals surface area contributed by atoms with Gasteiger partial charge in [0.1, 0.15) is 0 Å². The first-order valence-corrected chi connectivity index (χ1v) is 4.74. The van der Waals surface area contributed by atoms with E-state index >= 15 is 0 Å². The van der Waals surface area contributed by atoms with E-state index in [-0.39, 0.29) is 40.9 Å². The van der Waals surface area contributed by atoms with E-state index in [1.165, 1.54) is 6.92 Å². The molecule has 0 aromatic rings. The van der Waals surface area contributed by atoms with Gasteiger partial charge in [0.05, 0.1) is 11.7 Å². The first-order valence-electron chi connectivity index (χ1n) is 3.13. The Labute approximate surface area is 106 Å². The van der Waals surface area contributed by atoms with Crippen LogP contribution in [0.4, 0.5) is 0 Å². The van der Waals surface area contributed by atoms with Gasteiger partial charge >= 0.3 is 29.6 Å². The topological polar surface area (TPSA) is 94.5 Å². The number of aliphatic carboxylic acids is 1. The molecule has 0 unspecified atom stereocenters. The van der Waals surface area contributed by atoms with Crippen LogP contribution in [0.25, 0.3) is 0 Å². The first-order chi connectivity index (χ1) is 5.70. The van der Waals surface area contributed by atoms with Crippen LogP contribution in [-0.4, -0.2) is 24.7 Å². The second-order valence-corrected chi connectivity index (χ2v) is 3.60. The molecule has 76 valence electrons. The van der Waals surface area contributed by atoms with Gasteiger partial charge in [-0.3, -0.25) is 4.55 Å². The van der Waals surface area contributed by atoms with E-state index in [0.29, 0.717) is 0 Å². The molecular formula is C7H11NaO5S. The summed E-state index contributed by atoms with van der Waals surface area (Å²) in [7, 11) is -3.79. The van der Waals surface area contributed by atoms with E-state index in [1.807, 2.05) is 0 Å². The van der Waals surface area contributed by atoms with Crippen LogP contribution in [0.1, 0.15) is 6.92 Å². The zero-order chi connectivity index (χ0) is 11.1. The minimum Gasteiger partial charge on any atom is -0.545 e. The molecule has 0 aliphatic carbocycles. The van der Waals surface area contributed by atoms with Crippen molar-refractivity contribution in [2.75, 3.05) is 5.75 Å². The van der Waals surface area contributed by atoms with Gasteiger partial charge in [0, 0.05) is 0 Å². The fraction of sp³-hybridized carbons (Fsp3) is 0.286. The fourth-order valence-electron chi connectivity index (χ4n) is 0.149. The van der Waals surface area contributed by atoms with Crippen LogP contribution in [0, 0.1) is 0 Å². The number of hydrogen-bond acceptors (Lipinski definition) is 4. The molecule has 5 nitrogen and oxygen atoms in total. The van der Waals surface area contributed by atoms with Crippen LogP contribution in [0.5, 0.6) is 0 Å². The average Bonchev–Trinajstić information content (AvgIpc) is 1.85. The molecule has 7 heteroatoms. The predicted molar refractivity (Wildman–Crippen MR) is 46.4 cm³/mol. The molecule has 0 saturated heterocycles. The summed E-state index contributed by atoms with van der Waals surface area (Å²) in [6, 6.07) is 0. The Kier molecular flexibility index (Phi) is 13.1. The number of carboxylic acids is 1. The van der Waals surface area contributed by atoms with Crippen LogP contribution < -0.4 is 34.7 Å². The van der Waals surface area contributed by atoms with Crippen molar-refractivity contribution in [3.8, 4) is 0 Å².